The van der Waals surface area contributed by atoms with Crippen molar-refractivity contribution in [2.45, 2.75) is 0 Å². The Balaban J connectivity index is 2.38. The number of aromatic amines is 2. The maximum Gasteiger partial charge on any atom is 0.325 e. The lowest BCUT2D eigenvalue weighted by molar-refractivity contribution is 0.417. The molecule has 1 aromatic carbocycles. The highest BCUT2D eigenvalue weighted by Crippen LogP contribution is 2.24. The first kappa shape index (κ1) is 11.0. The molecule has 88 valence electrons. The first-order valence-electron chi connectivity index (χ1n) is 4.93. The smallest absolute Gasteiger partial charge is 0.325 e. The molecule has 0 atom stereocenters. The molecule has 0 radical (unpaired) electrons. The van der Waals surface area contributed by atoms with Crippen molar-refractivity contribution in [3.8, 4) is 5.75 Å². The fraction of sp³-hybridized carbons (Fsp3) is 0.0909. The summed E-state index contributed by atoms with van der Waals surface area (Å²) in [5, 5.41) is 2.88. The van der Waals surface area contributed by atoms with E-state index in [0.29, 0.717) is 11.4 Å². The minimum atomic E-state index is -0.541. The van der Waals surface area contributed by atoms with Crippen LogP contribution >= 0.6 is 0 Å². The first-order valence-corrected chi connectivity index (χ1v) is 4.93. The number of methoxy groups -OCH3 is 1. The van der Waals surface area contributed by atoms with Crippen LogP contribution in [0.25, 0.3) is 0 Å². The molecule has 6 heteroatoms. The van der Waals surface area contributed by atoms with Gasteiger partial charge < -0.3 is 15.0 Å². The number of aromatic nitrogens is 2. The van der Waals surface area contributed by atoms with E-state index >= 15 is 0 Å². The Labute approximate surface area is 96.3 Å². The van der Waals surface area contributed by atoms with Crippen LogP contribution in [0, 0.1) is 0 Å². The third kappa shape index (κ3) is 2.36. The van der Waals surface area contributed by atoms with Gasteiger partial charge in [0.15, 0.2) is 0 Å². The maximum atomic E-state index is 11.5. The van der Waals surface area contributed by atoms with Crippen LogP contribution in [0.5, 0.6) is 5.75 Å². The molecular formula is C11H11N3O3. The van der Waals surface area contributed by atoms with Crippen LogP contribution < -0.4 is 21.3 Å². The van der Waals surface area contributed by atoms with Crippen molar-refractivity contribution < 1.29 is 4.74 Å². The summed E-state index contributed by atoms with van der Waals surface area (Å²) in [4.78, 5) is 26.8. The van der Waals surface area contributed by atoms with Crippen LogP contribution in [0.2, 0.25) is 0 Å². The van der Waals surface area contributed by atoms with E-state index in [1.807, 2.05) is 12.1 Å². The van der Waals surface area contributed by atoms with Crippen molar-refractivity contribution >= 4 is 11.4 Å². The lowest BCUT2D eigenvalue weighted by Crippen LogP contribution is -2.23. The van der Waals surface area contributed by atoms with Gasteiger partial charge in [-0.3, -0.25) is 9.78 Å². The molecule has 0 unspecified atom stereocenters. The quantitative estimate of drug-likeness (QED) is 0.732. The van der Waals surface area contributed by atoms with E-state index in [9.17, 15) is 9.59 Å². The average molecular weight is 233 g/mol. The van der Waals surface area contributed by atoms with E-state index in [-0.39, 0.29) is 5.69 Å². The Morgan fingerprint density at radius 3 is 2.65 bits per heavy atom. The third-order valence-corrected chi connectivity index (χ3v) is 2.20. The summed E-state index contributed by atoms with van der Waals surface area (Å²) >= 11 is 0. The van der Waals surface area contributed by atoms with Gasteiger partial charge in [-0.05, 0) is 12.1 Å². The molecule has 0 saturated carbocycles. The van der Waals surface area contributed by atoms with Crippen LogP contribution in [0.3, 0.4) is 0 Å². The Hall–Kier alpha value is -2.50. The van der Waals surface area contributed by atoms with Gasteiger partial charge in [0.2, 0.25) is 0 Å². The van der Waals surface area contributed by atoms with Crippen LogP contribution in [0.15, 0.2) is 40.1 Å². The van der Waals surface area contributed by atoms with Crippen molar-refractivity contribution in [2.75, 3.05) is 12.4 Å². The molecule has 0 aliphatic heterocycles. The Kier molecular flexibility index (Phi) is 2.95. The second kappa shape index (κ2) is 4.56. The predicted molar refractivity (Wildman–Crippen MR) is 64.0 cm³/mol. The number of rotatable bonds is 3. The van der Waals surface area contributed by atoms with Gasteiger partial charge in [-0.15, -0.1) is 0 Å². The van der Waals surface area contributed by atoms with Crippen molar-refractivity contribution in [3.05, 3.63) is 51.3 Å². The zero-order valence-electron chi connectivity index (χ0n) is 9.11. The molecule has 0 amide bonds. The fourth-order valence-electron chi connectivity index (χ4n) is 1.40. The molecule has 6 nitrogen and oxygen atoms in total. The van der Waals surface area contributed by atoms with Gasteiger partial charge >= 0.3 is 5.69 Å². The molecular weight excluding hydrogens is 222 g/mol. The van der Waals surface area contributed by atoms with Gasteiger partial charge in [0, 0.05) is 6.20 Å². The molecule has 2 aromatic rings. The zero-order chi connectivity index (χ0) is 12.3. The molecule has 0 fully saturated rings. The monoisotopic (exact) mass is 233 g/mol. The average Bonchev–Trinajstić information content (AvgIpc) is 2.33. The normalized spacial score (nSPS) is 9.94. The van der Waals surface area contributed by atoms with E-state index in [0.717, 1.165) is 0 Å². The summed E-state index contributed by atoms with van der Waals surface area (Å²) in [6.07, 6.45) is 1.31. The van der Waals surface area contributed by atoms with Gasteiger partial charge in [0.25, 0.3) is 5.56 Å². The molecule has 1 aromatic heterocycles. The second-order valence-electron chi connectivity index (χ2n) is 3.31. The predicted octanol–water partition coefficient (Wildman–Crippen LogP) is 0.815. The second-order valence-corrected chi connectivity index (χ2v) is 3.31. The molecule has 3 N–H and O–H groups in total. The highest BCUT2D eigenvalue weighted by Gasteiger charge is 2.04. The third-order valence-electron chi connectivity index (χ3n) is 2.20. The van der Waals surface area contributed by atoms with E-state index in [1.54, 1.807) is 12.1 Å². The summed E-state index contributed by atoms with van der Waals surface area (Å²) in [6, 6.07) is 7.16. The van der Waals surface area contributed by atoms with Crippen molar-refractivity contribution in [1.82, 2.24) is 9.97 Å². The largest absolute Gasteiger partial charge is 0.495 e. The van der Waals surface area contributed by atoms with Crippen molar-refractivity contribution in [1.29, 1.82) is 0 Å². The highest BCUT2D eigenvalue weighted by atomic mass is 16.5. The molecule has 1 heterocycles. The van der Waals surface area contributed by atoms with Crippen molar-refractivity contribution in [3.63, 3.8) is 0 Å². The number of hydrogen-bond acceptors (Lipinski definition) is 4. The van der Waals surface area contributed by atoms with E-state index in [1.165, 1.54) is 13.3 Å². The molecule has 0 saturated heterocycles. The fourth-order valence-corrected chi connectivity index (χ4v) is 1.40. The minimum absolute atomic E-state index is 0.245. The summed E-state index contributed by atoms with van der Waals surface area (Å²) in [6.45, 7) is 0. The number of ether oxygens (including phenoxy) is 1. The number of para-hydroxylation sites is 2. The summed E-state index contributed by atoms with van der Waals surface area (Å²) in [7, 11) is 1.54. The number of benzene rings is 1. The lowest BCUT2D eigenvalue weighted by atomic mass is 10.3. The summed E-state index contributed by atoms with van der Waals surface area (Å²) in [5.74, 6) is 0.609. The van der Waals surface area contributed by atoms with Gasteiger partial charge in [-0.2, -0.15) is 0 Å². The molecule has 0 aliphatic rings. The first-order chi connectivity index (χ1) is 8.20. The Morgan fingerprint density at radius 1 is 1.18 bits per heavy atom. The van der Waals surface area contributed by atoms with Crippen LogP contribution in [-0.2, 0) is 0 Å². The standard InChI is InChI=1S/C11H11N3O3/c1-17-9-5-3-2-4-7(9)13-8-6-12-11(16)14-10(8)15/h2-6,13H,1H3,(H2,12,14,15,16). The van der Waals surface area contributed by atoms with Crippen LogP contribution in [0.4, 0.5) is 11.4 Å². The Morgan fingerprint density at radius 2 is 1.94 bits per heavy atom. The Bertz CT molecular complexity index is 630. The molecule has 0 bridgehead atoms. The zero-order valence-corrected chi connectivity index (χ0v) is 9.11. The van der Waals surface area contributed by atoms with E-state index in [2.05, 4.69) is 15.3 Å². The van der Waals surface area contributed by atoms with Crippen LogP contribution in [-0.4, -0.2) is 17.1 Å². The van der Waals surface area contributed by atoms with Crippen molar-refractivity contribution in [2.24, 2.45) is 0 Å². The molecule has 17 heavy (non-hydrogen) atoms. The maximum absolute atomic E-state index is 11.5. The van der Waals surface area contributed by atoms with Crippen LogP contribution in [0.1, 0.15) is 0 Å². The van der Waals surface area contributed by atoms with Gasteiger partial charge in [0.05, 0.1) is 12.8 Å². The number of H-pyrrole nitrogens is 2. The van der Waals surface area contributed by atoms with Gasteiger partial charge in [-0.25, -0.2) is 4.79 Å². The number of anilines is 2. The van der Waals surface area contributed by atoms with Gasteiger partial charge in [-0.1, -0.05) is 12.1 Å². The molecule has 2 rings (SSSR count). The summed E-state index contributed by atoms with van der Waals surface area (Å²) in [5.41, 5.74) is -0.137. The SMILES string of the molecule is COc1ccccc1Nc1c[nH]c(=O)[nH]c1=O. The topological polar surface area (TPSA) is 87.0 Å². The van der Waals surface area contributed by atoms with Gasteiger partial charge in [0.1, 0.15) is 11.4 Å². The molecule has 0 aliphatic carbocycles. The summed E-state index contributed by atoms with van der Waals surface area (Å²) < 4.78 is 5.13. The number of nitrogens with one attached hydrogen (secondary N) is 3. The highest BCUT2D eigenvalue weighted by molar-refractivity contribution is 5.64. The van der Waals surface area contributed by atoms with E-state index in [4.69, 9.17) is 4.74 Å². The molecule has 0 spiro atoms. The lowest BCUT2D eigenvalue weighted by Gasteiger charge is -2.09. The number of hydrogen-bond donors (Lipinski definition) is 3. The van der Waals surface area contributed by atoms with E-state index < -0.39 is 11.2 Å². The minimum Gasteiger partial charge on any atom is -0.495 e.